The summed E-state index contributed by atoms with van der Waals surface area (Å²) in [5.74, 6) is 0.525. The summed E-state index contributed by atoms with van der Waals surface area (Å²) >= 11 is 0. The average Bonchev–Trinajstić information content (AvgIpc) is 2.39. The molecule has 4 heteroatoms. The molecule has 0 spiro atoms. The summed E-state index contributed by atoms with van der Waals surface area (Å²) in [5, 5.41) is 9.78. The van der Waals surface area contributed by atoms with Crippen LogP contribution < -0.4 is 4.74 Å². The highest BCUT2D eigenvalue weighted by Gasteiger charge is 2.17. The molecule has 1 N–H and O–H groups in total. The summed E-state index contributed by atoms with van der Waals surface area (Å²) in [6, 6.07) is 3.27. The van der Waals surface area contributed by atoms with Gasteiger partial charge < -0.3 is 14.6 Å². The zero-order chi connectivity index (χ0) is 13.0. The van der Waals surface area contributed by atoms with Gasteiger partial charge in [0.05, 0.1) is 12.2 Å². The Labute approximate surface area is 107 Å². The normalized spacial score (nSPS) is 19.5. The van der Waals surface area contributed by atoms with Crippen LogP contribution in [0.1, 0.15) is 42.1 Å². The van der Waals surface area contributed by atoms with Crippen molar-refractivity contribution in [3.05, 3.63) is 23.3 Å². The number of carbonyl (C=O) groups excluding carboxylic acids is 1. The second-order valence-electron chi connectivity index (χ2n) is 4.40. The molecule has 1 fully saturated rings. The van der Waals surface area contributed by atoms with Gasteiger partial charge in [-0.3, -0.25) is 4.79 Å². The summed E-state index contributed by atoms with van der Waals surface area (Å²) in [7, 11) is 0. The van der Waals surface area contributed by atoms with Crippen molar-refractivity contribution >= 4 is 6.29 Å². The molecule has 4 nitrogen and oxygen atoms in total. The minimum Gasteiger partial charge on any atom is -0.507 e. The van der Waals surface area contributed by atoms with Crippen molar-refractivity contribution in [1.82, 2.24) is 0 Å². The first-order valence-electron chi connectivity index (χ1n) is 6.34. The van der Waals surface area contributed by atoms with Gasteiger partial charge >= 0.3 is 0 Å². The number of hydrogen-bond acceptors (Lipinski definition) is 4. The predicted octanol–water partition coefficient (Wildman–Crippen LogP) is 2.67. The van der Waals surface area contributed by atoms with E-state index in [0.717, 1.165) is 24.8 Å². The summed E-state index contributed by atoms with van der Waals surface area (Å²) < 4.78 is 11.2. The lowest BCUT2D eigenvalue weighted by Gasteiger charge is -2.24. The van der Waals surface area contributed by atoms with Crippen LogP contribution in [-0.2, 0) is 11.2 Å². The highest BCUT2D eigenvalue weighted by Crippen LogP contribution is 2.29. The van der Waals surface area contributed by atoms with Crippen LogP contribution in [0.3, 0.4) is 0 Å². The fourth-order valence-electron chi connectivity index (χ4n) is 2.12. The second kappa shape index (κ2) is 5.87. The number of aromatic hydroxyl groups is 1. The van der Waals surface area contributed by atoms with E-state index in [4.69, 9.17) is 9.47 Å². The number of rotatable bonds is 4. The molecule has 1 heterocycles. The van der Waals surface area contributed by atoms with Gasteiger partial charge in [-0.25, -0.2) is 0 Å². The number of aryl methyl sites for hydroxylation is 1. The number of phenolic OH excluding ortho intramolecular Hbond substituents is 1. The first-order chi connectivity index (χ1) is 8.74. The molecular formula is C14H18O4. The van der Waals surface area contributed by atoms with Gasteiger partial charge in [-0.2, -0.15) is 0 Å². The Hall–Kier alpha value is -1.55. The number of ether oxygens (including phenoxy) is 2. The smallest absolute Gasteiger partial charge is 0.199 e. The van der Waals surface area contributed by atoms with Crippen molar-refractivity contribution in [3.8, 4) is 11.5 Å². The van der Waals surface area contributed by atoms with E-state index in [9.17, 15) is 9.90 Å². The van der Waals surface area contributed by atoms with E-state index in [2.05, 4.69) is 0 Å². The van der Waals surface area contributed by atoms with Gasteiger partial charge in [-0.15, -0.1) is 0 Å². The molecule has 2 rings (SSSR count). The Bertz CT molecular complexity index is 422. The molecular weight excluding hydrogens is 232 g/mol. The monoisotopic (exact) mass is 250 g/mol. The van der Waals surface area contributed by atoms with Crippen molar-refractivity contribution in [2.75, 3.05) is 6.61 Å². The van der Waals surface area contributed by atoms with E-state index >= 15 is 0 Å². The molecule has 1 atom stereocenters. The van der Waals surface area contributed by atoms with Gasteiger partial charge in [0, 0.05) is 12.5 Å². The summed E-state index contributed by atoms with van der Waals surface area (Å²) in [6.07, 6.45) is 4.11. The molecule has 1 aromatic rings. The number of phenols is 1. The van der Waals surface area contributed by atoms with Crippen molar-refractivity contribution in [2.24, 2.45) is 0 Å². The lowest BCUT2D eigenvalue weighted by Crippen LogP contribution is -2.25. The van der Waals surface area contributed by atoms with Gasteiger partial charge in [0.2, 0.25) is 0 Å². The molecule has 0 aliphatic carbocycles. The highest BCUT2D eigenvalue weighted by atomic mass is 16.7. The summed E-state index contributed by atoms with van der Waals surface area (Å²) in [6.45, 7) is 2.65. The third-order valence-electron chi connectivity index (χ3n) is 3.12. The quantitative estimate of drug-likeness (QED) is 0.835. The lowest BCUT2D eigenvalue weighted by atomic mass is 10.0. The second-order valence-corrected chi connectivity index (χ2v) is 4.40. The van der Waals surface area contributed by atoms with E-state index in [0.29, 0.717) is 30.6 Å². The Morgan fingerprint density at radius 1 is 1.50 bits per heavy atom. The third kappa shape index (κ3) is 2.82. The van der Waals surface area contributed by atoms with Crippen molar-refractivity contribution < 1.29 is 19.4 Å². The van der Waals surface area contributed by atoms with Crippen LogP contribution in [0.5, 0.6) is 11.5 Å². The zero-order valence-corrected chi connectivity index (χ0v) is 10.5. The highest BCUT2D eigenvalue weighted by molar-refractivity contribution is 5.82. The SMILES string of the molecule is CCc1cc(OC2CCCCO2)cc(O)c1C=O. The van der Waals surface area contributed by atoms with Gasteiger partial charge in [0.15, 0.2) is 12.6 Å². The molecule has 0 aromatic heterocycles. The van der Waals surface area contributed by atoms with E-state index in [-0.39, 0.29) is 12.0 Å². The Morgan fingerprint density at radius 2 is 2.33 bits per heavy atom. The minimum atomic E-state index is -0.245. The van der Waals surface area contributed by atoms with Crippen molar-refractivity contribution in [1.29, 1.82) is 0 Å². The van der Waals surface area contributed by atoms with E-state index in [1.807, 2.05) is 6.92 Å². The van der Waals surface area contributed by atoms with Crippen LogP contribution in [0.25, 0.3) is 0 Å². The Balaban J connectivity index is 2.17. The zero-order valence-electron chi connectivity index (χ0n) is 10.5. The predicted molar refractivity (Wildman–Crippen MR) is 67.1 cm³/mol. The summed E-state index contributed by atoms with van der Waals surface area (Å²) in [5.41, 5.74) is 1.13. The fraction of sp³-hybridized carbons (Fsp3) is 0.500. The van der Waals surface area contributed by atoms with Gasteiger partial charge in [0.1, 0.15) is 11.5 Å². The minimum absolute atomic E-state index is 0.0323. The van der Waals surface area contributed by atoms with Gasteiger partial charge in [-0.1, -0.05) is 6.92 Å². The maximum Gasteiger partial charge on any atom is 0.199 e. The molecule has 0 bridgehead atoms. The lowest BCUT2D eigenvalue weighted by molar-refractivity contribution is -0.105. The molecule has 1 saturated heterocycles. The molecule has 0 amide bonds. The van der Waals surface area contributed by atoms with Gasteiger partial charge in [-0.05, 0) is 30.9 Å². The number of carbonyl (C=O) groups is 1. The Kier molecular flexibility index (Phi) is 4.20. The Morgan fingerprint density at radius 3 is 2.94 bits per heavy atom. The number of aldehydes is 1. The van der Waals surface area contributed by atoms with Crippen LogP contribution in [0, 0.1) is 0 Å². The molecule has 0 saturated carbocycles. The van der Waals surface area contributed by atoms with Crippen LogP contribution in [0.2, 0.25) is 0 Å². The maximum absolute atomic E-state index is 10.9. The number of hydrogen-bond donors (Lipinski definition) is 1. The third-order valence-corrected chi connectivity index (χ3v) is 3.12. The van der Waals surface area contributed by atoms with E-state index in [1.54, 1.807) is 6.07 Å². The maximum atomic E-state index is 10.9. The van der Waals surface area contributed by atoms with E-state index < -0.39 is 0 Å². The molecule has 1 aliphatic rings. The van der Waals surface area contributed by atoms with Gasteiger partial charge in [0.25, 0.3) is 0 Å². The number of benzene rings is 1. The fourth-order valence-corrected chi connectivity index (χ4v) is 2.12. The summed E-state index contributed by atoms with van der Waals surface area (Å²) in [4.78, 5) is 10.9. The average molecular weight is 250 g/mol. The molecule has 98 valence electrons. The molecule has 1 aliphatic heterocycles. The topological polar surface area (TPSA) is 55.8 Å². The van der Waals surface area contributed by atoms with Crippen molar-refractivity contribution in [2.45, 2.75) is 38.9 Å². The molecule has 1 aromatic carbocycles. The first-order valence-corrected chi connectivity index (χ1v) is 6.34. The van der Waals surface area contributed by atoms with Crippen LogP contribution in [-0.4, -0.2) is 24.3 Å². The van der Waals surface area contributed by atoms with E-state index in [1.165, 1.54) is 6.07 Å². The van der Waals surface area contributed by atoms with Crippen LogP contribution >= 0.6 is 0 Å². The molecule has 18 heavy (non-hydrogen) atoms. The molecule has 1 unspecified atom stereocenters. The van der Waals surface area contributed by atoms with Crippen LogP contribution in [0.15, 0.2) is 12.1 Å². The standard InChI is InChI=1S/C14H18O4/c1-2-10-7-11(8-13(16)12(10)9-15)18-14-5-3-4-6-17-14/h7-9,14,16H,2-6H2,1H3. The largest absolute Gasteiger partial charge is 0.507 e. The van der Waals surface area contributed by atoms with Crippen molar-refractivity contribution in [3.63, 3.8) is 0 Å². The molecule has 0 radical (unpaired) electrons. The first kappa shape index (κ1) is 12.9. The van der Waals surface area contributed by atoms with Crippen LogP contribution in [0.4, 0.5) is 0 Å².